The molecule has 128 valence electrons. The molecule has 1 N–H and O–H groups in total. The number of thiol groups is 1. The third kappa shape index (κ3) is 5.10. The maximum absolute atomic E-state index is 11.7. The van der Waals surface area contributed by atoms with Crippen LogP contribution in [0.5, 0.6) is 0 Å². The van der Waals surface area contributed by atoms with E-state index >= 15 is 0 Å². The first-order chi connectivity index (χ1) is 10.5. The van der Waals surface area contributed by atoms with Crippen LogP contribution in [-0.4, -0.2) is 58.8 Å². The fraction of sp³-hybridized carbons (Fsp3) is 0.273. The number of sulfone groups is 1. The molecule has 12 heteroatoms. The lowest BCUT2D eigenvalue weighted by atomic mass is 10.3. The second kappa shape index (κ2) is 7.28. The van der Waals surface area contributed by atoms with E-state index in [9.17, 15) is 26.4 Å². The summed E-state index contributed by atoms with van der Waals surface area (Å²) in [6.45, 7) is -0.726. The smallest absolute Gasteiger partial charge is 0.435 e. The van der Waals surface area contributed by atoms with Crippen molar-refractivity contribution in [1.82, 2.24) is 4.90 Å². The molecule has 0 atom stereocenters. The molecule has 0 saturated carbocycles. The molecule has 0 aliphatic carbocycles. The number of amides is 1. The van der Waals surface area contributed by atoms with Crippen molar-refractivity contribution in [2.75, 3.05) is 24.3 Å². The first-order valence-corrected chi connectivity index (χ1v) is 8.94. The molecule has 1 rings (SSSR count). The molecule has 1 amide bonds. The average molecular weight is 366 g/mol. The molecule has 0 bridgehead atoms. The Kier molecular flexibility index (Phi) is 5.92. The maximum Gasteiger partial charge on any atom is 0.435 e. The summed E-state index contributed by atoms with van der Waals surface area (Å²) in [7, 11) is -6.25. The lowest BCUT2D eigenvalue weighted by Gasteiger charge is -2.21. The van der Waals surface area contributed by atoms with E-state index in [2.05, 4.69) is 4.84 Å². The monoisotopic (exact) mass is 366 g/mol. The van der Waals surface area contributed by atoms with E-state index in [1.807, 2.05) is 0 Å². The number of para-hydroxylation sites is 1. The molecule has 10 nitrogen and oxygen atoms in total. The van der Waals surface area contributed by atoms with Crippen molar-refractivity contribution in [2.45, 2.75) is 4.90 Å². The number of hydrogen-bond donors (Lipinski definition) is 2. The lowest BCUT2D eigenvalue weighted by molar-refractivity contribution is -0.137. The third-order valence-electron chi connectivity index (χ3n) is 2.47. The summed E-state index contributed by atoms with van der Waals surface area (Å²) in [5.74, 6) is -1.33. The quantitative estimate of drug-likeness (QED) is 0.507. The highest BCUT2D eigenvalue weighted by atomic mass is 32.2. The van der Waals surface area contributed by atoms with Gasteiger partial charge in [0.05, 0.1) is 4.90 Å². The number of aliphatic carboxylic acids is 1. The Labute approximate surface area is 133 Å². The predicted octanol–water partition coefficient (Wildman–Crippen LogP) is -0.509. The first-order valence-electron chi connectivity index (χ1n) is 5.92. The number of benzene rings is 1. The van der Waals surface area contributed by atoms with E-state index in [4.69, 9.17) is 5.11 Å². The molecule has 1 aromatic carbocycles. The van der Waals surface area contributed by atoms with Crippen molar-refractivity contribution in [3.8, 4) is 0 Å². The molecule has 23 heavy (non-hydrogen) atoms. The number of carbonyl (C=O) groups excluding carboxylic acids is 1. The van der Waals surface area contributed by atoms with Gasteiger partial charge >= 0.3 is 12.1 Å². The van der Waals surface area contributed by atoms with Crippen LogP contribution in [0.4, 0.5) is 10.5 Å². The minimum atomic E-state index is -3.80. The van der Waals surface area contributed by atoms with Gasteiger partial charge in [-0.3, -0.25) is 9.69 Å². The van der Waals surface area contributed by atoms with Gasteiger partial charge in [-0.05, 0) is 12.1 Å². The molecule has 0 aliphatic rings. The molecule has 0 aliphatic heterocycles. The molecule has 0 unspecified atom stereocenters. The van der Waals surface area contributed by atoms with E-state index < -0.39 is 39.3 Å². The van der Waals surface area contributed by atoms with Crippen LogP contribution in [0.2, 0.25) is 0 Å². The Morgan fingerprint density at radius 1 is 1.26 bits per heavy atom. The van der Waals surface area contributed by atoms with Gasteiger partial charge in [-0.25, -0.2) is 21.6 Å². The number of nitrogens with zero attached hydrogens (tertiary/aromatic N) is 2. The topological polar surface area (TPSA) is 138 Å². The number of rotatable bonds is 6. The Bertz CT molecular complexity index is 779. The zero-order valence-corrected chi connectivity index (χ0v) is 13.8. The van der Waals surface area contributed by atoms with Crippen LogP contribution in [0.1, 0.15) is 0 Å². The number of carboxylic acids is 1. The molecule has 1 aromatic rings. The fourth-order valence-corrected chi connectivity index (χ4v) is 2.92. The summed E-state index contributed by atoms with van der Waals surface area (Å²) in [6, 6.07) is 5.00. The second-order valence-corrected chi connectivity index (χ2v) is 7.18. The Balaban J connectivity index is 3.20. The van der Waals surface area contributed by atoms with Crippen LogP contribution in [0, 0.1) is 0 Å². The summed E-state index contributed by atoms with van der Waals surface area (Å²) in [5.41, 5.74) is -0.386. The first kappa shape index (κ1) is 18.7. The van der Waals surface area contributed by atoms with Gasteiger partial charge in [0.15, 0.2) is 9.84 Å². The molecule has 0 spiro atoms. The van der Waals surface area contributed by atoms with Crippen LogP contribution in [0.15, 0.2) is 29.2 Å². The molecule has 0 fully saturated rings. The van der Waals surface area contributed by atoms with Gasteiger partial charge in [0.25, 0.3) is 10.9 Å². The summed E-state index contributed by atoms with van der Waals surface area (Å²) < 4.78 is 46.1. The Morgan fingerprint density at radius 3 is 2.30 bits per heavy atom. The van der Waals surface area contributed by atoms with Gasteiger partial charge in [-0.2, -0.15) is 0 Å². The average Bonchev–Trinajstić information content (AvgIpc) is 2.42. The van der Waals surface area contributed by atoms with Crippen LogP contribution in [-0.2, 0) is 30.4 Å². The van der Waals surface area contributed by atoms with Crippen molar-refractivity contribution >= 4 is 38.5 Å². The van der Waals surface area contributed by atoms with E-state index in [1.54, 1.807) is 0 Å². The number of hydrogen-bond acceptors (Lipinski definition) is 7. The largest absolute Gasteiger partial charge is 0.480 e. The Morgan fingerprint density at radius 2 is 1.83 bits per heavy atom. The minimum absolute atomic E-state index is 0.104. The predicted molar refractivity (Wildman–Crippen MR) is 79.1 cm³/mol. The zero-order chi connectivity index (χ0) is 17.8. The summed E-state index contributed by atoms with van der Waals surface area (Å²) in [6.07, 6.45) is -0.421. The molecule has 0 saturated heterocycles. The molecule has 0 radical (unpaired) electrons. The van der Waals surface area contributed by atoms with Crippen LogP contribution in [0.25, 0.3) is 0 Å². The van der Waals surface area contributed by atoms with Crippen LogP contribution in [0.3, 0.4) is 0 Å². The van der Waals surface area contributed by atoms with Crippen molar-refractivity contribution < 1.29 is 36.4 Å². The van der Waals surface area contributed by atoms with Gasteiger partial charge in [-0.1, -0.05) is 16.6 Å². The van der Waals surface area contributed by atoms with Crippen molar-refractivity contribution in [1.29, 1.82) is 0 Å². The van der Waals surface area contributed by atoms with Crippen molar-refractivity contribution in [2.24, 2.45) is 0 Å². The van der Waals surface area contributed by atoms with Gasteiger partial charge in [-0.15, -0.1) is 0 Å². The van der Waals surface area contributed by atoms with Gasteiger partial charge in [0.1, 0.15) is 12.2 Å². The summed E-state index contributed by atoms with van der Waals surface area (Å²) >= 11 is 0. The standard InChI is InChI=1S/C11H14N2O8S2/c1-12(7-10(14)15)11(16)21-13(22(17)18)8-5-3-4-6-9(8)23(2,19)20/h3-6,22H,7H2,1-2H3,(H,14,15). The highest BCUT2D eigenvalue weighted by Gasteiger charge is 2.25. The van der Waals surface area contributed by atoms with Crippen molar-refractivity contribution in [3.63, 3.8) is 0 Å². The number of carbonyl (C=O) groups is 2. The SMILES string of the molecule is CN(CC(=O)O)C(=O)ON(c1ccccc1S(C)(=O)=O)[SH](=O)=O. The molecular formula is C11H14N2O8S2. The van der Waals surface area contributed by atoms with Gasteiger partial charge in [0.2, 0.25) is 0 Å². The third-order valence-corrected chi connectivity index (χ3v) is 4.21. The fourth-order valence-electron chi connectivity index (χ4n) is 1.51. The number of carboxylic acid groups (broad SMARTS) is 1. The Hall–Kier alpha value is -2.34. The van der Waals surface area contributed by atoms with Crippen LogP contribution >= 0.6 is 0 Å². The summed E-state index contributed by atoms with van der Waals surface area (Å²) in [4.78, 5) is 27.1. The van der Waals surface area contributed by atoms with E-state index in [1.165, 1.54) is 12.1 Å². The molecular weight excluding hydrogens is 352 g/mol. The maximum atomic E-state index is 11.7. The second-order valence-electron chi connectivity index (χ2n) is 4.36. The zero-order valence-electron chi connectivity index (χ0n) is 12.1. The van der Waals surface area contributed by atoms with Crippen LogP contribution < -0.4 is 4.47 Å². The molecule has 0 aromatic heterocycles. The van der Waals surface area contributed by atoms with E-state index in [0.29, 0.717) is 4.90 Å². The number of likely N-dealkylation sites (N-methyl/N-ethyl adjacent to an activating group) is 1. The lowest BCUT2D eigenvalue weighted by Crippen LogP contribution is -2.37. The van der Waals surface area contributed by atoms with E-state index in [-0.39, 0.29) is 15.1 Å². The van der Waals surface area contributed by atoms with Gasteiger partial charge in [0, 0.05) is 13.3 Å². The highest BCUT2D eigenvalue weighted by Crippen LogP contribution is 2.25. The molecule has 0 heterocycles. The van der Waals surface area contributed by atoms with E-state index in [0.717, 1.165) is 25.4 Å². The van der Waals surface area contributed by atoms with Gasteiger partial charge < -0.3 is 9.94 Å². The minimum Gasteiger partial charge on any atom is -0.480 e. The highest BCUT2D eigenvalue weighted by molar-refractivity contribution is 7.91. The number of anilines is 1. The summed E-state index contributed by atoms with van der Waals surface area (Å²) in [5, 5.41) is 8.58. The normalized spacial score (nSPS) is 11.1. The van der Waals surface area contributed by atoms with Crippen molar-refractivity contribution in [3.05, 3.63) is 24.3 Å².